The molecule has 346 valence electrons. The Kier molecular flexibility index (Phi) is 49.3. The van der Waals surface area contributed by atoms with Crippen LogP contribution in [0.5, 0.6) is 0 Å². The highest BCUT2D eigenvalue weighted by Gasteiger charge is 2.16. The molecule has 0 rings (SSSR count). The van der Waals surface area contributed by atoms with E-state index in [-0.39, 0.29) is 25.2 Å². The fraction of sp³-hybridized carbons (Fsp3) is 0.962. The third-order valence-corrected chi connectivity index (χ3v) is 12.4. The van der Waals surface area contributed by atoms with Gasteiger partial charge in [-0.3, -0.25) is 9.59 Å². The van der Waals surface area contributed by atoms with Crippen molar-refractivity contribution in [2.45, 2.75) is 315 Å². The lowest BCUT2D eigenvalue weighted by Crippen LogP contribution is -2.28. The van der Waals surface area contributed by atoms with Crippen LogP contribution in [0.25, 0.3) is 0 Å². The van der Waals surface area contributed by atoms with Gasteiger partial charge in [-0.15, -0.1) is 0 Å². The molecule has 0 aliphatic heterocycles. The van der Waals surface area contributed by atoms with Gasteiger partial charge in [0.2, 0.25) is 0 Å². The Balaban J connectivity index is 3.41. The van der Waals surface area contributed by atoms with E-state index in [1.54, 1.807) is 0 Å². The maximum atomic E-state index is 12.3. The van der Waals surface area contributed by atoms with Crippen molar-refractivity contribution >= 4 is 11.9 Å². The molecule has 58 heavy (non-hydrogen) atoms. The van der Waals surface area contributed by atoms with Crippen LogP contribution in [0, 0.1) is 0 Å². The van der Waals surface area contributed by atoms with E-state index in [1.165, 1.54) is 250 Å². The van der Waals surface area contributed by atoms with E-state index >= 15 is 0 Å². The van der Waals surface area contributed by atoms with Gasteiger partial charge in [0.15, 0.2) is 6.10 Å². The number of unbranched alkanes of at least 4 members (excludes halogenated alkanes) is 42. The number of hydrogen-bond acceptors (Lipinski definition) is 5. The molecule has 0 heterocycles. The van der Waals surface area contributed by atoms with Crippen molar-refractivity contribution in [2.24, 2.45) is 0 Å². The van der Waals surface area contributed by atoms with E-state index in [2.05, 4.69) is 13.8 Å². The summed E-state index contributed by atoms with van der Waals surface area (Å²) in [6.45, 7) is 4.20. The van der Waals surface area contributed by atoms with Crippen molar-refractivity contribution in [1.82, 2.24) is 0 Å². The molecule has 0 aromatic heterocycles. The Morgan fingerprint density at radius 1 is 0.328 bits per heavy atom. The molecule has 0 amide bonds. The molecule has 0 fully saturated rings. The standard InChI is InChI=1S/C53H104O5/c1-3-5-7-9-11-13-15-17-19-21-23-25-26-28-30-32-34-36-38-40-42-44-46-48-53(56)58-51(49-54)50-57-52(55)47-45-43-41-39-37-35-33-31-29-27-24-22-20-18-16-14-12-10-8-6-4-2/h51,54H,3-50H2,1-2H3. The Hall–Kier alpha value is -1.10. The maximum absolute atomic E-state index is 12.3. The molecule has 5 nitrogen and oxygen atoms in total. The summed E-state index contributed by atoms with van der Waals surface area (Å²) in [5.41, 5.74) is 0. The SMILES string of the molecule is CCCCCCCCCCCCCCCCCCCCCCCCCC(=O)OC(CO)COC(=O)CCCCCCCCCCCCCCCCCCCCCCC. The van der Waals surface area contributed by atoms with Crippen LogP contribution < -0.4 is 0 Å². The van der Waals surface area contributed by atoms with Crippen molar-refractivity contribution in [3.63, 3.8) is 0 Å². The predicted molar refractivity (Wildman–Crippen MR) is 252 cm³/mol. The Labute approximate surface area is 363 Å². The van der Waals surface area contributed by atoms with E-state index in [0.29, 0.717) is 12.8 Å². The second-order valence-corrected chi connectivity index (χ2v) is 18.3. The molecule has 1 N–H and O–H groups in total. The normalized spacial score (nSPS) is 12.0. The molecule has 0 bridgehead atoms. The monoisotopic (exact) mass is 821 g/mol. The molecular weight excluding hydrogens is 717 g/mol. The summed E-state index contributed by atoms with van der Waals surface area (Å²) in [7, 11) is 0. The smallest absolute Gasteiger partial charge is 0.306 e. The lowest BCUT2D eigenvalue weighted by atomic mass is 10.0. The highest BCUT2D eigenvalue weighted by Crippen LogP contribution is 2.18. The first-order chi connectivity index (χ1) is 28.6. The molecule has 0 aliphatic rings. The number of aliphatic hydroxyl groups is 1. The van der Waals surface area contributed by atoms with Crippen LogP contribution in [0.3, 0.4) is 0 Å². The predicted octanol–water partition coefficient (Wildman–Crippen LogP) is 17.4. The molecule has 0 saturated carbocycles. The highest BCUT2D eigenvalue weighted by molar-refractivity contribution is 5.70. The van der Waals surface area contributed by atoms with E-state index in [9.17, 15) is 14.7 Å². The van der Waals surface area contributed by atoms with Crippen LogP contribution >= 0.6 is 0 Å². The molecule has 0 aliphatic carbocycles. The quantitative estimate of drug-likeness (QED) is 0.0489. The summed E-state index contributed by atoms with van der Waals surface area (Å²) in [6.07, 6.45) is 59.2. The minimum atomic E-state index is -0.763. The summed E-state index contributed by atoms with van der Waals surface area (Å²) in [5.74, 6) is -0.565. The second kappa shape index (κ2) is 50.3. The summed E-state index contributed by atoms with van der Waals surface area (Å²) < 4.78 is 10.7. The van der Waals surface area contributed by atoms with Gasteiger partial charge in [-0.05, 0) is 12.8 Å². The van der Waals surface area contributed by atoms with Crippen LogP contribution in [0.4, 0.5) is 0 Å². The van der Waals surface area contributed by atoms with Crippen molar-refractivity contribution in [3.05, 3.63) is 0 Å². The number of hydrogen-bond donors (Lipinski definition) is 1. The zero-order valence-corrected chi connectivity index (χ0v) is 39.6. The number of ether oxygens (including phenoxy) is 2. The fourth-order valence-electron chi connectivity index (χ4n) is 8.38. The van der Waals surface area contributed by atoms with E-state index in [0.717, 1.165) is 32.1 Å². The zero-order chi connectivity index (χ0) is 42.1. The highest BCUT2D eigenvalue weighted by atomic mass is 16.6. The molecule has 0 saturated heterocycles. The van der Waals surface area contributed by atoms with Gasteiger partial charge in [-0.2, -0.15) is 0 Å². The van der Waals surface area contributed by atoms with E-state index in [4.69, 9.17) is 9.47 Å². The van der Waals surface area contributed by atoms with Crippen molar-refractivity contribution < 1.29 is 24.2 Å². The molecule has 5 heteroatoms. The third-order valence-electron chi connectivity index (χ3n) is 12.4. The van der Waals surface area contributed by atoms with Crippen molar-refractivity contribution in [1.29, 1.82) is 0 Å². The van der Waals surface area contributed by atoms with Crippen LogP contribution in [-0.4, -0.2) is 36.4 Å². The lowest BCUT2D eigenvalue weighted by Gasteiger charge is -2.15. The fourth-order valence-corrected chi connectivity index (χ4v) is 8.38. The summed E-state index contributed by atoms with van der Waals surface area (Å²) in [5, 5.41) is 9.63. The zero-order valence-electron chi connectivity index (χ0n) is 39.6. The first-order valence-corrected chi connectivity index (χ1v) is 26.6. The first kappa shape index (κ1) is 56.9. The average Bonchev–Trinajstić information content (AvgIpc) is 3.23. The number of esters is 2. The van der Waals surface area contributed by atoms with Crippen LogP contribution in [0.1, 0.15) is 309 Å². The average molecular weight is 821 g/mol. The van der Waals surface area contributed by atoms with E-state index in [1.807, 2.05) is 0 Å². The van der Waals surface area contributed by atoms with Crippen LogP contribution in [0.15, 0.2) is 0 Å². The Morgan fingerprint density at radius 2 is 0.534 bits per heavy atom. The molecular formula is C53H104O5. The van der Waals surface area contributed by atoms with Gasteiger partial charge >= 0.3 is 11.9 Å². The Morgan fingerprint density at radius 3 is 0.759 bits per heavy atom. The summed E-state index contributed by atoms with van der Waals surface area (Å²) in [4.78, 5) is 24.5. The summed E-state index contributed by atoms with van der Waals surface area (Å²) >= 11 is 0. The first-order valence-electron chi connectivity index (χ1n) is 26.6. The van der Waals surface area contributed by atoms with Crippen LogP contribution in [0.2, 0.25) is 0 Å². The molecule has 0 aromatic rings. The van der Waals surface area contributed by atoms with Gasteiger partial charge in [0.1, 0.15) is 6.61 Å². The largest absolute Gasteiger partial charge is 0.462 e. The van der Waals surface area contributed by atoms with Crippen LogP contribution in [-0.2, 0) is 19.1 Å². The maximum Gasteiger partial charge on any atom is 0.306 e. The van der Waals surface area contributed by atoms with Crippen molar-refractivity contribution in [2.75, 3.05) is 13.2 Å². The second-order valence-electron chi connectivity index (χ2n) is 18.3. The number of aliphatic hydroxyl groups excluding tert-OH is 1. The minimum absolute atomic E-state index is 0.0558. The topological polar surface area (TPSA) is 72.8 Å². The number of carbonyl (C=O) groups is 2. The van der Waals surface area contributed by atoms with E-state index < -0.39 is 6.10 Å². The van der Waals surface area contributed by atoms with Gasteiger partial charge in [-0.1, -0.05) is 284 Å². The Bertz CT molecular complexity index is 799. The number of carbonyl (C=O) groups excluding carboxylic acids is 2. The molecule has 0 aromatic carbocycles. The van der Waals surface area contributed by atoms with Gasteiger partial charge in [0, 0.05) is 12.8 Å². The molecule has 1 atom stereocenters. The number of rotatable bonds is 50. The summed E-state index contributed by atoms with van der Waals surface area (Å²) in [6, 6.07) is 0. The third kappa shape index (κ3) is 47.6. The van der Waals surface area contributed by atoms with Gasteiger partial charge in [-0.25, -0.2) is 0 Å². The lowest BCUT2D eigenvalue weighted by molar-refractivity contribution is -0.161. The molecule has 0 radical (unpaired) electrons. The minimum Gasteiger partial charge on any atom is -0.462 e. The van der Waals surface area contributed by atoms with Gasteiger partial charge < -0.3 is 14.6 Å². The van der Waals surface area contributed by atoms with Crippen molar-refractivity contribution in [3.8, 4) is 0 Å². The van der Waals surface area contributed by atoms with Gasteiger partial charge in [0.05, 0.1) is 6.61 Å². The molecule has 0 spiro atoms. The molecule has 1 unspecified atom stereocenters. The van der Waals surface area contributed by atoms with Gasteiger partial charge in [0.25, 0.3) is 0 Å².